The molecule has 2 aliphatic rings. The molecule has 1 aromatic rings. The van der Waals surface area contributed by atoms with E-state index in [1.807, 2.05) is 6.92 Å². The number of anilines is 1. The summed E-state index contributed by atoms with van der Waals surface area (Å²) in [5.74, 6) is -0.442. The zero-order valence-corrected chi connectivity index (χ0v) is 12.1. The molecule has 2 unspecified atom stereocenters. The second-order valence-corrected chi connectivity index (χ2v) is 5.63. The summed E-state index contributed by atoms with van der Waals surface area (Å²) in [5, 5.41) is 6.08. The van der Waals surface area contributed by atoms with Crippen molar-refractivity contribution in [3.05, 3.63) is 29.6 Å². The number of halogens is 1. The van der Waals surface area contributed by atoms with Crippen LogP contribution in [-0.2, 0) is 9.53 Å². The van der Waals surface area contributed by atoms with Crippen LogP contribution >= 0.6 is 0 Å². The van der Waals surface area contributed by atoms with Crippen LogP contribution in [-0.4, -0.2) is 49.7 Å². The van der Waals surface area contributed by atoms with Crippen molar-refractivity contribution in [2.75, 3.05) is 38.2 Å². The molecule has 0 bridgehead atoms. The first-order valence-corrected chi connectivity index (χ1v) is 7.30. The fraction of sp³-hybridized carbons (Fsp3) is 0.533. The molecule has 2 heterocycles. The van der Waals surface area contributed by atoms with Gasteiger partial charge in [0.25, 0.3) is 0 Å². The van der Waals surface area contributed by atoms with E-state index in [1.54, 1.807) is 6.07 Å². The van der Waals surface area contributed by atoms with E-state index in [9.17, 15) is 9.18 Å². The van der Waals surface area contributed by atoms with Gasteiger partial charge >= 0.3 is 0 Å². The maximum Gasteiger partial charge on any atom is 0.246 e. The minimum atomic E-state index is -0.480. The Morgan fingerprint density at radius 3 is 3.00 bits per heavy atom. The first-order valence-electron chi connectivity index (χ1n) is 7.30. The highest BCUT2D eigenvalue weighted by molar-refractivity contribution is 6.02. The second-order valence-electron chi connectivity index (χ2n) is 5.63. The summed E-state index contributed by atoms with van der Waals surface area (Å²) in [5.41, 5.74) is 1.38. The molecule has 2 N–H and O–H groups in total. The van der Waals surface area contributed by atoms with Crippen LogP contribution in [0.3, 0.4) is 0 Å². The minimum absolute atomic E-state index is 0.121. The summed E-state index contributed by atoms with van der Waals surface area (Å²) in [7, 11) is 0. The summed E-state index contributed by atoms with van der Waals surface area (Å²) in [4.78, 5) is 14.3. The number of morpholine rings is 1. The predicted octanol–water partition coefficient (Wildman–Crippen LogP) is 1.13. The van der Waals surface area contributed by atoms with Gasteiger partial charge in [0.1, 0.15) is 11.9 Å². The van der Waals surface area contributed by atoms with Crippen molar-refractivity contribution < 1.29 is 13.9 Å². The van der Waals surface area contributed by atoms with Gasteiger partial charge in [-0.05, 0) is 25.1 Å². The van der Waals surface area contributed by atoms with Gasteiger partial charge in [0.15, 0.2) is 0 Å². The number of rotatable bonds is 4. The maximum atomic E-state index is 13.4. The van der Waals surface area contributed by atoms with Crippen LogP contribution in [0.4, 0.5) is 10.1 Å². The molecule has 0 aromatic heterocycles. The zero-order valence-electron chi connectivity index (χ0n) is 12.1. The number of nitrogens with zero attached hydrogens (tertiary/aromatic N) is 1. The lowest BCUT2D eigenvalue weighted by Gasteiger charge is -2.30. The summed E-state index contributed by atoms with van der Waals surface area (Å²) < 4.78 is 18.7. The monoisotopic (exact) mass is 293 g/mol. The van der Waals surface area contributed by atoms with Crippen molar-refractivity contribution in [1.29, 1.82) is 0 Å². The quantitative estimate of drug-likeness (QED) is 0.874. The third-order valence-corrected chi connectivity index (χ3v) is 3.93. The Bertz CT molecular complexity index is 532. The van der Waals surface area contributed by atoms with Crippen molar-refractivity contribution >= 4 is 11.6 Å². The van der Waals surface area contributed by atoms with Gasteiger partial charge in [-0.3, -0.25) is 15.0 Å². The average Bonchev–Trinajstić information content (AvgIpc) is 2.76. The number of hydrogen-bond donors (Lipinski definition) is 2. The van der Waals surface area contributed by atoms with Crippen LogP contribution in [0.25, 0.3) is 0 Å². The normalized spacial score (nSPS) is 23.7. The number of carbonyl (C=O) groups is 1. The smallest absolute Gasteiger partial charge is 0.246 e. The van der Waals surface area contributed by atoms with E-state index < -0.39 is 6.04 Å². The highest BCUT2D eigenvalue weighted by atomic mass is 19.1. The molecule has 0 spiro atoms. The Morgan fingerprint density at radius 2 is 2.24 bits per heavy atom. The molecule has 1 amide bonds. The SMILES string of the molecule is CC(CN1CCOCC1)NC1C(=O)Nc2ccc(F)cc21. The van der Waals surface area contributed by atoms with Gasteiger partial charge in [-0.15, -0.1) is 0 Å². The molecular formula is C15H20FN3O2. The van der Waals surface area contributed by atoms with E-state index >= 15 is 0 Å². The Balaban J connectivity index is 1.64. The van der Waals surface area contributed by atoms with Crippen LogP contribution in [0.5, 0.6) is 0 Å². The molecule has 0 radical (unpaired) electrons. The van der Waals surface area contributed by atoms with Crippen LogP contribution in [0.15, 0.2) is 18.2 Å². The molecular weight excluding hydrogens is 273 g/mol. The number of nitrogens with one attached hydrogen (secondary N) is 2. The lowest BCUT2D eigenvalue weighted by Crippen LogP contribution is -2.46. The number of ether oxygens (including phenoxy) is 1. The first kappa shape index (κ1) is 14.4. The predicted molar refractivity (Wildman–Crippen MR) is 77.6 cm³/mol. The number of fused-ring (bicyclic) bond motifs is 1. The molecule has 0 saturated carbocycles. The topological polar surface area (TPSA) is 53.6 Å². The highest BCUT2D eigenvalue weighted by Gasteiger charge is 2.32. The molecule has 3 rings (SSSR count). The molecule has 5 nitrogen and oxygen atoms in total. The lowest BCUT2D eigenvalue weighted by atomic mass is 10.1. The summed E-state index contributed by atoms with van der Waals surface area (Å²) in [6.07, 6.45) is 0. The number of carbonyl (C=O) groups excluding carboxylic acids is 1. The van der Waals surface area contributed by atoms with Crippen molar-refractivity contribution in [2.45, 2.75) is 19.0 Å². The Labute approximate surface area is 123 Å². The molecule has 1 aromatic carbocycles. The van der Waals surface area contributed by atoms with E-state index in [4.69, 9.17) is 4.74 Å². The van der Waals surface area contributed by atoms with E-state index in [0.717, 1.165) is 32.8 Å². The van der Waals surface area contributed by atoms with Gasteiger partial charge in [-0.2, -0.15) is 0 Å². The Hall–Kier alpha value is -1.50. The van der Waals surface area contributed by atoms with E-state index in [-0.39, 0.29) is 17.8 Å². The summed E-state index contributed by atoms with van der Waals surface area (Å²) in [6.45, 7) is 6.22. The molecule has 2 atom stereocenters. The molecule has 6 heteroatoms. The fourth-order valence-corrected chi connectivity index (χ4v) is 2.91. The second kappa shape index (κ2) is 6.09. The van der Waals surface area contributed by atoms with Gasteiger partial charge < -0.3 is 10.1 Å². The van der Waals surface area contributed by atoms with Crippen LogP contribution in [0, 0.1) is 5.82 Å². The first-order chi connectivity index (χ1) is 10.1. The van der Waals surface area contributed by atoms with Gasteiger partial charge in [-0.25, -0.2) is 4.39 Å². The van der Waals surface area contributed by atoms with E-state index in [0.29, 0.717) is 11.3 Å². The summed E-state index contributed by atoms with van der Waals surface area (Å²) in [6, 6.07) is 4.04. The standard InChI is InChI=1S/C15H20FN3O2/c1-10(9-19-4-6-21-7-5-19)17-14-12-8-11(16)2-3-13(12)18-15(14)20/h2-3,8,10,14,17H,4-7,9H2,1H3,(H,18,20). The molecule has 2 aliphatic heterocycles. The third kappa shape index (κ3) is 3.23. The number of benzene rings is 1. The van der Waals surface area contributed by atoms with Crippen molar-refractivity contribution in [3.8, 4) is 0 Å². The van der Waals surface area contributed by atoms with Gasteiger partial charge in [0.2, 0.25) is 5.91 Å². The summed E-state index contributed by atoms with van der Waals surface area (Å²) >= 11 is 0. The number of hydrogen-bond acceptors (Lipinski definition) is 4. The molecule has 114 valence electrons. The molecule has 21 heavy (non-hydrogen) atoms. The van der Waals surface area contributed by atoms with Crippen LogP contribution < -0.4 is 10.6 Å². The highest BCUT2D eigenvalue weighted by Crippen LogP contribution is 2.31. The minimum Gasteiger partial charge on any atom is -0.379 e. The van der Waals surface area contributed by atoms with Gasteiger partial charge in [0.05, 0.1) is 13.2 Å². The Kier molecular flexibility index (Phi) is 4.19. The lowest BCUT2D eigenvalue weighted by molar-refractivity contribution is -0.117. The maximum absolute atomic E-state index is 13.4. The van der Waals surface area contributed by atoms with Crippen LogP contribution in [0.1, 0.15) is 18.5 Å². The Morgan fingerprint density at radius 1 is 1.48 bits per heavy atom. The largest absolute Gasteiger partial charge is 0.379 e. The van der Waals surface area contributed by atoms with Crippen LogP contribution in [0.2, 0.25) is 0 Å². The fourth-order valence-electron chi connectivity index (χ4n) is 2.91. The third-order valence-electron chi connectivity index (χ3n) is 3.93. The van der Waals surface area contributed by atoms with E-state index in [2.05, 4.69) is 15.5 Å². The average molecular weight is 293 g/mol. The molecule has 1 fully saturated rings. The van der Waals surface area contributed by atoms with Gasteiger partial charge in [0, 0.05) is 36.9 Å². The zero-order chi connectivity index (χ0) is 14.8. The number of amides is 1. The van der Waals surface area contributed by atoms with Crippen molar-refractivity contribution in [2.24, 2.45) is 0 Å². The molecule has 1 saturated heterocycles. The van der Waals surface area contributed by atoms with Crippen molar-refractivity contribution in [1.82, 2.24) is 10.2 Å². The van der Waals surface area contributed by atoms with E-state index in [1.165, 1.54) is 12.1 Å². The molecule has 0 aliphatic carbocycles. The van der Waals surface area contributed by atoms with Gasteiger partial charge in [-0.1, -0.05) is 0 Å². The van der Waals surface area contributed by atoms with Crippen molar-refractivity contribution in [3.63, 3.8) is 0 Å².